The maximum absolute atomic E-state index is 14.1. The fourth-order valence-electron chi connectivity index (χ4n) is 3.49. The van der Waals surface area contributed by atoms with Gasteiger partial charge in [-0.15, -0.1) is 0 Å². The summed E-state index contributed by atoms with van der Waals surface area (Å²) >= 11 is 3.48. The minimum atomic E-state index is -1.01. The molecule has 0 fully saturated rings. The number of aromatic nitrogens is 1. The molecule has 1 N–H and O–H groups in total. The van der Waals surface area contributed by atoms with Crippen molar-refractivity contribution in [3.63, 3.8) is 0 Å². The van der Waals surface area contributed by atoms with E-state index in [2.05, 4.69) is 15.9 Å². The van der Waals surface area contributed by atoms with Gasteiger partial charge in [0.15, 0.2) is 0 Å². The second-order valence-electron chi connectivity index (χ2n) is 7.22. The Bertz CT molecular complexity index is 1320. The van der Waals surface area contributed by atoms with Crippen LogP contribution in [-0.2, 0) is 6.61 Å². The van der Waals surface area contributed by atoms with Crippen LogP contribution < -0.4 is 4.74 Å². The van der Waals surface area contributed by atoms with E-state index in [0.29, 0.717) is 11.4 Å². The first-order valence-corrected chi connectivity index (χ1v) is 10.5. The molecule has 32 heavy (non-hydrogen) atoms. The van der Waals surface area contributed by atoms with E-state index in [9.17, 15) is 18.7 Å². The first-order valence-electron chi connectivity index (χ1n) is 9.72. The van der Waals surface area contributed by atoms with E-state index in [1.807, 2.05) is 41.8 Å². The van der Waals surface area contributed by atoms with Gasteiger partial charge < -0.3 is 14.4 Å². The summed E-state index contributed by atoms with van der Waals surface area (Å²) < 4.78 is 35.9. The number of carboxylic acids is 1. The molecule has 4 aromatic rings. The lowest BCUT2D eigenvalue weighted by molar-refractivity contribution is 0.0697. The molecule has 0 bridgehead atoms. The molecular weight excluding hydrogens is 480 g/mol. The van der Waals surface area contributed by atoms with Gasteiger partial charge in [-0.25, -0.2) is 13.6 Å². The SMILES string of the molecule is Cc1ccc(-c2cc(Br)ccc2OCc2ccc(F)cc2F)n1-c1cccc(C(=O)O)c1. The summed E-state index contributed by atoms with van der Waals surface area (Å²) in [7, 11) is 0. The van der Waals surface area contributed by atoms with Crippen molar-refractivity contribution in [1.82, 2.24) is 4.57 Å². The average molecular weight is 498 g/mol. The van der Waals surface area contributed by atoms with Crippen LogP contribution in [0, 0.1) is 18.6 Å². The third-order valence-corrected chi connectivity index (χ3v) is 5.54. The number of ether oxygens (including phenoxy) is 1. The first kappa shape index (κ1) is 21.8. The van der Waals surface area contributed by atoms with Crippen molar-refractivity contribution >= 4 is 21.9 Å². The molecule has 4 nitrogen and oxygen atoms in total. The monoisotopic (exact) mass is 497 g/mol. The van der Waals surface area contributed by atoms with Crippen molar-refractivity contribution < 1.29 is 23.4 Å². The molecule has 0 spiro atoms. The summed E-state index contributed by atoms with van der Waals surface area (Å²) in [6.07, 6.45) is 0. The van der Waals surface area contributed by atoms with Gasteiger partial charge in [-0.05, 0) is 67.6 Å². The zero-order chi connectivity index (χ0) is 22.8. The molecule has 0 aliphatic carbocycles. The third-order valence-electron chi connectivity index (χ3n) is 5.04. The molecule has 4 rings (SSSR count). The zero-order valence-electron chi connectivity index (χ0n) is 17.0. The van der Waals surface area contributed by atoms with Gasteiger partial charge in [0.05, 0.1) is 11.3 Å². The Labute approximate surface area is 191 Å². The summed E-state index contributed by atoms with van der Waals surface area (Å²) in [5, 5.41) is 9.37. The van der Waals surface area contributed by atoms with E-state index < -0.39 is 17.6 Å². The number of aromatic carboxylic acids is 1. The first-order chi connectivity index (χ1) is 15.3. The van der Waals surface area contributed by atoms with Crippen LogP contribution in [0.3, 0.4) is 0 Å². The number of halogens is 3. The fourth-order valence-corrected chi connectivity index (χ4v) is 3.85. The van der Waals surface area contributed by atoms with Gasteiger partial charge in [0.1, 0.15) is 24.0 Å². The molecule has 1 aromatic heterocycles. The van der Waals surface area contributed by atoms with Crippen LogP contribution in [0.2, 0.25) is 0 Å². The molecular formula is C25H18BrF2NO3. The predicted octanol–water partition coefficient (Wildman–Crippen LogP) is 6.77. The Morgan fingerprint density at radius 3 is 2.59 bits per heavy atom. The topological polar surface area (TPSA) is 51.5 Å². The van der Waals surface area contributed by atoms with Gasteiger partial charge in [-0.2, -0.15) is 0 Å². The largest absolute Gasteiger partial charge is 0.488 e. The summed E-state index contributed by atoms with van der Waals surface area (Å²) in [6, 6.07) is 19.3. The number of benzene rings is 3. The van der Waals surface area contributed by atoms with Gasteiger partial charge in [0.2, 0.25) is 0 Å². The molecule has 0 aliphatic heterocycles. The predicted molar refractivity (Wildman–Crippen MR) is 121 cm³/mol. The minimum Gasteiger partial charge on any atom is -0.488 e. The third kappa shape index (κ3) is 4.43. The smallest absolute Gasteiger partial charge is 0.335 e. The lowest BCUT2D eigenvalue weighted by atomic mass is 10.1. The Hall–Kier alpha value is -3.45. The summed E-state index contributed by atoms with van der Waals surface area (Å²) in [4.78, 5) is 11.4. The van der Waals surface area contributed by atoms with E-state index in [1.165, 1.54) is 18.2 Å². The number of carboxylic acid groups (broad SMARTS) is 1. The molecule has 1 heterocycles. The highest BCUT2D eigenvalue weighted by Crippen LogP contribution is 2.36. The van der Waals surface area contributed by atoms with Crippen molar-refractivity contribution in [3.05, 3.63) is 106 Å². The van der Waals surface area contributed by atoms with E-state index in [-0.39, 0.29) is 17.7 Å². The van der Waals surface area contributed by atoms with E-state index in [4.69, 9.17) is 4.74 Å². The van der Waals surface area contributed by atoms with Gasteiger partial charge >= 0.3 is 5.97 Å². The van der Waals surface area contributed by atoms with E-state index >= 15 is 0 Å². The number of hydrogen-bond donors (Lipinski definition) is 1. The van der Waals surface area contributed by atoms with Crippen molar-refractivity contribution in [1.29, 1.82) is 0 Å². The highest BCUT2D eigenvalue weighted by molar-refractivity contribution is 9.10. The van der Waals surface area contributed by atoms with Crippen LogP contribution in [0.4, 0.5) is 8.78 Å². The number of carbonyl (C=O) groups is 1. The molecule has 162 valence electrons. The van der Waals surface area contributed by atoms with E-state index in [1.54, 1.807) is 18.2 Å². The van der Waals surface area contributed by atoms with Gasteiger partial charge in [0.25, 0.3) is 0 Å². The molecule has 0 atom stereocenters. The standard InChI is InChI=1S/C25H18BrF2NO3/c1-15-5-9-23(29(15)20-4-2-3-16(11-20)25(30)31)21-12-18(26)7-10-24(21)32-14-17-6-8-19(27)13-22(17)28/h2-13H,14H2,1H3,(H,30,31). The van der Waals surface area contributed by atoms with Gasteiger partial charge in [-0.3, -0.25) is 0 Å². The maximum Gasteiger partial charge on any atom is 0.335 e. The van der Waals surface area contributed by atoms with Crippen LogP contribution in [0.25, 0.3) is 16.9 Å². The maximum atomic E-state index is 14.1. The highest BCUT2D eigenvalue weighted by atomic mass is 79.9. The van der Waals surface area contributed by atoms with Crippen molar-refractivity contribution in [2.24, 2.45) is 0 Å². The molecule has 0 radical (unpaired) electrons. The van der Waals surface area contributed by atoms with Crippen LogP contribution in [-0.4, -0.2) is 15.6 Å². The highest BCUT2D eigenvalue weighted by Gasteiger charge is 2.16. The molecule has 0 saturated carbocycles. The molecule has 7 heteroatoms. The number of hydrogen-bond acceptors (Lipinski definition) is 2. The number of aryl methyl sites for hydroxylation is 1. The quantitative estimate of drug-likeness (QED) is 0.319. The van der Waals surface area contributed by atoms with Gasteiger partial charge in [-0.1, -0.05) is 22.0 Å². The van der Waals surface area contributed by atoms with Crippen LogP contribution in [0.5, 0.6) is 5.75 Å². The van der Waals surface area contributed by atoms with Crippen molar-refractivity contribution in [2.75, 3.05) is 0 Å². The normalized spacial score (nSPS) is 10.9. The van der Waals surface area contributed by atoms with Gasteiger partial charge in [0, 0.05) is 33.0 Å². The molecule has 0 amide bonds. The second kappa shape index (κ2) is 8.96. The minimum absolute atomic E-state index is 0.0745. The summed E-state index contributed by atoms with van der Waals surface area (Å²) in [5.41, 5.74) is 3.52. The van der Waals surface area contributed by atoms with Crippen LogP contribution in [0.1, 0.15) is 21.6 Å². The lowest BCUT2D eigenvalue weighted by Gasteiger charge is -2.17. The van der Waals surface area contributed by atoms with Crippen LogP contribution in [0.15, 0.2) is 77.3 Å². The zero-order valence-corrected chi connectivity index (χ0v) is 18.6. The summed E-state index contributed by atoms with van der Waals surface area (Å²) in [5.74, 6) is -1.82. The van der Waals surface area contributed by atoms with Crippen LogP contribution >= 0.6 is 15.9 Å². The second-order valence-corrected chi connectivity index (χ2v) is 8.13. The Morgan fingerprint density at radius 1 is 1.03 bits per heavy atom. The van der Waals surface area contributed by atoms with E-state index in [0.717, 1.165) is 27.5 Å². The Kier molecular flexibility index (Phi) is 6.10. The number of nitrogens with zero attached hydrogens (tertiary/aromatic N) is 1. The van der Waals surface area contributed by atoms with Crippen molar-refractivity contribution in [3.8, 4) is 22.7 Å². The van der Waals surface area contributed by atoms with Crippen molar-refractivity contribution in [2.45, 2.75) is 13.5 Å². The molecule has 0 unspecified atom stereocenters. The Balaban J connectivity index is 1.76. The summed E-state index contributed by atoms with van der Waals surface area (Å²) in [6.45, 7) is 1.85. The average Bonchev–Trinajstić information content (AvgIpc) is 3.15. The number of rotatable bonds is 6. The lowest BCUT2D eigenvalue weighted by Crippen LogP contribution is -2.04. The molecule has 0 saturated heterocycles. The fraction of sp³-hybridized carbons (Fsp3) is 0.0800. The Morgan fingerprint density at radius 2 is 1.84 bits per heavy atom. The molecule has 0 aliphatic rings. The molecule has 3 aromatic carbocycles.